The molecular weight excluding hydrogens is 168 g/mol. The highest BCUT2D eigenvalue weighted by atomic mass is 19.3. The molecule has 0 saturated heterocycles. The number of nitrogens with one attached hydrogen (secondary N) is 1. The van der Waals surface area contributed by atoms with Crippen LogP contribution in [0.2, 0.25) is 0 Å². The Morgan fingerprint density at radius 1 is 1.25 bits per heavy atom. The molecule has 74 valence electrons. The van der Waals surface area contributed by atoms with Crippen LogP contribution in [-0.4, -0.2) is 42.4 Å². The summed E-state index contributed by atoms with van der Waals surface area (Å²) in [7, 11) is 0. The molecule has 0 rings (SSSR count). The molecule has 0 amide bonds. The summed E-state index contributed by atoms with van der Waals surface area (Å²) in [5.74, 6) is 0. The first-order chi connectivity index (χ1) is 5.68. The second-order valence-electron chi connectivity index (χ2n) is 2.54. The second-order valence-corrected chi connectivity index (χ2v) is 2.54. The van der Waals surface area contributed by atoms with Gasteiger partial charge in [0.2, 0.25) is 0 Å². The van der Waals surface area contributed by atoms with Crippen molar-refractivity contribution in [3.8, 4) is 0 Å². The van der Waals surface area contributed by atoms with Gasteiger partial charge in [-0.05, 0) is 19.4 Å². The zero-order valence-corrected chi connectivity index (χ0v) is 6.84. The summed E-state index contributed by atoms with van der Waals surface area (Å²) < 4.78 is 23.3. The minimum absolute atomic E-state index is 0.0942. The van der Waals surface area contributed by atoms with E-state index in [9.17, 15) is 8.78 Å². The van der Waals surface area contributed by atoms with Gasteiger partial charge in [0.05, 0.1) is 0 Å². The van der Waals surface area contributed by atoms with Crippen LogP contribution >= 0.6 is 0 Å². The maximum atomic E-state index is 11.7. The zero-order chi connectivity index (χ0) is 9.40. The van der Waals surface area contributed by atoms with Crippen molar-refractivity contribution >= 4 is 0 Å². The third kappa shape index (κ3) is 6.45. The number of aliphatic hydroxyl groups is 2. The fourth-order valence-electron chi connectivity index (χ4n) is 0.701. The van der Waals surface area contributed by atoms with E-state index in [2.05, 4.69) is 5.32 Å². The zero-order valence-electron chi connectivity index (χ0n) is 6.84. The molecule has 0 spiro atoms. The first kappa shape index (κ1) is 11.7. The molecule has 0 aromatic carbocycles. The first-order valence-electron chi connectivity index (χ1n) is 3.96. The highest BCUT2D eigenvalue weighted by molar-refractivity contribution is 4.60. The van der Waals surface area contributed by atoms with Crippen LogP contribution in [0.3, 0.4) is 0 Å². The third-order valence-electron chi connectivity index (χ3n) is 1.41. The summed E-state index contributed by atoms with van der Waals surface area (Å²) >= 11 is 0. The Kier molecular flexibility index (Phi) is 7.23. The summed E-state index contributed by atoms with van der Waals surface area (Å²) in [6, 6.07) is 0. The van der Waals surface area contributed by atoms with E-state index < -0.39 is 12.5 Å². The van der Waals surface area contributed by atoms with Crippen molar-refractivity contribution in [2.24, 2.45) is 0 Å². The molecule has 0 heterocycles. The van der Waals surface area contributed by atoms with Gasteiger partial charge in [0.15, 0.2) is 0 Å². The van der Waals surface area contributed by atoms with Gasteiger partial charge in [-0.25, -0.2) is 8.78 Å². The molecule has 3 nitrogen and oxygen atoms in total. The molecule has 0 bridgehead atoms. The van der Waals surface area contributed by atoms with Gasteiger partial charge in [0.25, 0.3) is 6.43 Å². The molecule has 0 saturated carbocycles. The number of rotatable bonds is 7. The van der Waals surface area contributed by atoms with Crippen molar-refractivity contribution < 1.29 is 19.0 Å². The van der Waals surface area contributed by atoms with E-state index in [1.165, 1.54) is 0 Å². The van der Waals surface area contributed by atoms with Crippen molar-refractivity contribution in [3.63, 3.8) is 0 Å². The molecule has 0 aliphatic carbocycles. The number of halogens is 2. The lowest BCUT2D eigenvalue weighted by Gasteiger charge is -2.09. The van der Waals surface area contributed by atoms with Crippen molar-refractivity contribution in [2.75, 3.05) is 19.7 Å². The van der Waals surface area contributed by atoms with E-state index in [0.29, 0.717) is 13.0 Å². The van der Waals surface area contributed by atoms with Crippen LogP contribution in [0.25, 0.3) is 0 Å². The molecule has 3 N–H and O–H groups in total. The van der Waals surface area contributed by atoms with Crippen LogP contribution in [0, 0.1) is 0 Å². The highest BCUT2D eigenvalue weighted by Gasteiger charge is 2.15. The van der Waals surface area contributed by atoms with Crippen molar-refractivity contribution in [1.82, 2.24) is 5.32 Å². The van der Waals surface area contributed by atoms with E-state index in [1.807, 2.05) is 0 Å². The van der Waals surface area contributed by atoms with Crippen LogP contribution in [0.1, 0.15) is 12.8 Å². The lowest BCUT2D eigenvalue weighted by atomic mass is 10.3. The third-order valence-corrected chi connectivity index (χ3v) is 1.41. The molecule has 0 aromatic rings. The SMILES string of the molecule is OCCCCNCC(O)C(F)F. The van der Waals surface area contributed by atoms with Gasteiger partial charge in [-0.15, -0.1) is 0 Å². The number of hydrogen-bond acceptors (Lipinski definition) is 3. The van der Waals surface area contributed by atoms with Crippen LogP contribution in [0.4, 0.5) is 8.78 Å². The van der Waals surface area contributed by atoms with Crippen molar-refractivity contribution in [3.05, 3.63) is 0 Å². The van der Waals surface area contributed by atoms with Gasteiger partial charge in [-0.1, -0.05) is 0 Å². The normalized spacial score (nSPS) is 13.8. The van der Waals surface area contributed by atoms with Gasteiger partial charge in [-0.2, -0.15) is 0 Å². The van der Waals surface area contributed by atoms with Gasteiger partial charge in [0.1, 0.15) is 6.10 Å². The standard InChI is InChI=1S/C7H15F2NO2/c8-7(9)6(12)5-10-3-1-2-4-11/h6-7,10-12H,1-5H2. The Morgan fingerprint density at radius 3 is 2.42 bits per heavy atom. The monoisotopic (exact) mass is 183 g/mol. The largest absolute Gasteiger partial charge is 0.396 e. The van der Waals surface area contributed by atoms with Crippen LogP contribution < -0.4 is 5.32 Å². The van der Waals surface area contributed by atoms with E-state index in [4.69, 9.17) is 10.2 Å². The summed E-state index contributed by atoms with van der Waals surface area (Å²) in [6.45, 7) is 0.562. The smallest absolute Gasteiger partial charge is 0.265 e. The van der Waals surface area contributed by atoms with Gasteiger partial charge < -0.3 is 15.5 Å². The molecule has 0 radical (unpaired) electrons. The van der Waals surface area contributed by atoms with Gasteiger partial charge in [0, 0.05) is 13.2 Å². The summed E-state index contributed by atoms with van der Waals surface area (Å²) in [4.78, 5) is 0. The molecule has 5 heteroatoms. The molecule has 0 aromatic heterocycles. The molecule has 0 aliphatic heterocycles. The predicted molar refractivity (Wildman–Crippen MR) is 41.2 cm³/mol. The Balaban J connectivity index is 3.08. The summed E-state index contributed by atoms with van der Waals surface area (Å²) in [5, 5.41) is 19.6. The minimum atomic E-state index is -2.68. The van der Waals surface area contributed by atoms with E-state index in [0.717, 1.165) is 6.42 Å². The highest BCUT2D eigenvalue weighted by Crippen LogP contribution is 1.98. The van der Waals surface area contributed by atoms with E-state index in [-0.39, 0.29) is 13.2 Å². The predicted octanol–water partition coefficient (Wildman–Crippen LogP) is -0.0255. The fourth-order valence-corrected chi connectivity index (χ4v) is 0.701. The maximum absolute atomic E-state index is 11.7. The minimum Gasteiger partial charge on any atom is -0.396 e. The molecule has 0 fully saturated rings. The molecule has 1 atom stereocenters. The maximum Gasteiger partial charge on any atom is 0.265 e. The number of hydrogen-bond donors (Lipinski definition) is 3. The lowest BCUT2D eigenvalue weighted by molar-refractivity contribution is -0.00320. The van der Waals surface area contributed by atoms with Crippen molar-refractivity contribution in [2.45, 2.75) is 25.4 Å². The Bertz CT molecular complexity index is 103. The molecule has 12 heavy (non-hydrogen) atoms. The number of alkyl halides is 2. The number of unbranched alkanes of at least 4 members (excludes halogenated alkanes) is 1. The fraction of sp³-hybridized carbons (Fsp3) is 1.00. The second kappa shape index (κ2) is 7.39. The van der Waals surface area contributed by atoms with Crippen molar-refractivity contribution in [1.29, 1.82) is 0 Å². The average Bonchev–Trinajstić information content (AvgIpc) is 2.03. The first-order valence-corrected chi connectivity index (χ1v) is 3.96. The molecule has 0 aliphatic rings. The number of aliphatic hydroxyl groups excluding tert-OH is 2. The Hall–Kier alpha value is -0.260. The summed E-state index contributed by atoms with van der Waals surface area (Å²) in [6.07, 6.45) is -2.89. The van der Waals surface area contributed by atoms with Crippen LogP contribution in [0.5, 0.6) is 0 Å². The van der Waals surface area contributed by atoms with Gasteiger partial charge >= 0.3 is 0 Å². The Labute approximate surface area is 70.4 Å². The topological polar surface area (TPSA) is 52.5 Å². The van der Waals surface area contributed by atoms with E-state index in [1.54, 1.807) is 0 Å². The molecule has 1 unspecified atom stereocenters. The Morgan fingerprint density at radius 2 is 1.92 bits per heavy atom. The van der Waals surface area contributed by atoms with Gasteiger partial charge in [-0.3, -0.25) is 0 Å². The van der Waals surface area contributed by atoms with Crippen LogP contribution in [0.15, 0.2) is 0 Å². The average molecular weight is 183 g/mol. The quantitative estimate of drug-likeness (QED) is 0.486. The van der Waals surface area contributed by atoms with E-state index >= 15 is 0 Å². The lowest BCUT2D eigenvalue weighted by Crippen LogP contribution is -2.32. The molecular formula is C7H15F2NO2. The van der Waals surface area contributed by atoms with Crippen LogP contribution in [-0.2, 0) is 0 Å². The summed E-state index contributed by atoms with van der Waals surface area (Å²) in [5.41, 5.74) is 0.